The second-order valence-corrected chi connectivity index (χ2v) is 11.9. The van der Waals surface area contributed by atoms with E-state index >= 15 is 0 Å². The Morgan fingerprint density at radius 2 is 0.529 bits per heavy atom. The summed E-state index contributed by atoms with van der Waals surface area (Å²) in [4.78, 5) is 26.7. The number of benzene rings is 1. The molecule has 9 heterocycles. The highest BCUT2D eigenvalue weighted by Gasteiger charge is 2.32. The van der Waals surface area contributed by atoms with Gasteiger partial charge in [-0.3, -0.25) is 29.9 Å². The fourth-order valence-electron chi connectivity index (χ4n) is 7.56. The number of nitriles is 3. The second kappa shape index (κ2) is 10.5. The molecular weight excluding hydrogens is 637 g/mol. The van der Waals surface area contributed by atoms with Gasteiger partial charge in [0, 0.05) is 69.5 Å². The molecule has 1 aromatic carbocycles. The van der Waals surface area contributed by atoms with Crippen LogP contribution in [0.25, 0.3) is 82.5 Å². The maximum absolute atomic E-state index is 11.3. The third kappa shape index (κ3) is 3.63. The first kappa shape index (κ1) is 28.0. The Hall–Kier alpha value is -8.01. The van der Waals surface area contributed by atoms with Crippen molar-refractivity contribution in [1.82, 2.24) is 43.6 Å². The quantitative estimate of drug-likeness (QED) is 0.196. The van der Waals surface area contributed by atoms with Crippen LogP contribution < -0.4 is 0 Å². The molecule has 234 valence electrons. The number of nitrogens with zero attached hydrogens (tertiary/aromatic N) is 12. The maximum Gasteiger partial charge on any atom is 0.104 e. The normalized spacial score (nSPS) is 11.5. The van der Waals surface area contributed by atoms with Crippen LogP contribution in [0, 0.1) is 34.0 Å². The lowest BCUT2D eigenvalue weighted by atomic mass is 9.96. The van der Waals surface area contributed by atoms with Crippen LogP contribution in [-0.2, 0) is 0 Å². The van der Waals surface area contributed by atoms with Crippen molar-refractivity contribution in [2.45, 2.75) is 0 Å². The minimum atomic E-state index is 0.0990. The van der Waals surface area contributed by atoms with E-state index in [1.165, 1.54) is 0 Å². The van der Waals surface area contributed by atoms with Gasteiger partial charge in [-0.2, -0.15) is 15.8 Å². The number of hydrogen-bond acceptors (Lipinski definition) is 9. The standard InChI is InChI=1S/C39H18N12/c40-13-28-37(49-31-16-43-7-1-22(31)23-2-8-44-17-32(23)49)29(14-41)39(51-35-20-47-11-5-26(35)27-6-12-48-21-36(27)51)30(15-42)38(28)50-33-18-45-9-3-24(33)25-4-10-46-19-34(25)50/h1-12,16-21H. The molecule has 0 saturated carbocycles. The van der Waals surface area contributed by atoms with Gasteiger partial charge in [-0.25, -0.2) is 0 Å². The van der Waals surface area contributed by atoms with E-state index in [1.807, 2.05) is 50.1 Å². The first-order valence-electron chi connectivity index (χ1n) is 15.7. The zero-order valence-corrected chi connectivity index (χ0v) is 26.3. The average Bonchev–Trinajstić information content (AvgIpc) is 3.82. The maximum atomic E-state index is 11.3. The van der Waals surface area contributed by atoms with Crippen LogP contribution in [0.3, 0.4) is 0 Å². The van der Waals surface area contributed by atoms with E-state index in [9.17, 15) is 15.8 Å². The van der Waals surface area contributed by atoms with Crippen LogP contribution >= 0.6 is 0 Å². The van der Waals surface area contributed by atoms with Crippen LogP contribution in [0.15, 0.2) is 111 Å². The summed E-state index contributed by atoms with van der Waals surface area (Å²) in [5.74, 6) is 0. The van der Waals surface area contributed by atoms with Crippen molar-refractivity contribution in [3.8, 4) is 35.3 Å². The summed E-state index contributed by atoms with van der Waals surface area (Å²) < 4.78 is 5.56. The summed E-state index contributed by atoms with van der Waals surface area (Å²) in [7, 11) is 0. The fraction of sp³-hybridized carbons (Fsp3) is 0. The molecule has 51 heavy (non-hydrogen) atoms. The number of hydrogen-bond donors (Lipinski definition) is 0. The summed E-state index contributed by atoms with van der Waals surface area (Å²) in [6.07, 6.45) is 20.5. The van der Waals surface area contributed by atoms with Gasteiger partial charge < -0.3 is 13.7 Å². The lowest BCUT2D eigenvalue weighted by Crippen LogP contribution is -2.14. The van der Waals surface area contributed by atoms with Crippen molar-refractivity contribution in [3.05, 3.63) is 127 Å². The fourth-order valence-corrected chi connectivity index (χ4v) is 7.56. The van der Waals surface area contributed by atoms with Gasteiger partial charge in [-0.05, 0) is 36.4 Å². The van der Waals surface area contributed by atoms with Gasteiger partial charge in [0.25, 0.3) is 0 Å². The Balaban J connectivity index is 1.53. The second-order valence-electron chi connectivity index (χ2n) is 11.9. The largest absolute Gasteiger partial charge is 0.303 e. The number of aromatic nitrogens is 9. The van der Waals surface area contributed by atoms with Crippen LogP contribution in [0.5, 0.6) is 0 Å². The molecular formula is C39H18N12. The predicted molar refractivity (Wildman–Crippen MR) is 190 cm³/mol. The van der Waals surface area contributed by atoms with Gasteiger partial charge in [-0.1, -0.05) is 0 Å². The highest BCUT2D eigenvalue weighted by atomic mass is 15.1. The molecule has 10 aromatic rings. The minimum Gasteiger partial charge on any atom is -0.303 e. The van der Waals surface area contributed by atoms with Crippen LogP contribution in [-0.4, -0.2) is 43.6 Å². The van der Waals surface area contributed by atoms with Gasteiger partial charge in [0.2, 0.25) is 0 Å². The zero-order valence-electron chi connectivity index (χ0n) is 26.3. The molecule has 0 atom stereocenters. The zero-order chi connectivity index (χ0) is 34.2. The Labute approximate surface area is 287 Å². The van der Waals surface area contributed by atoms with Gasteiger partial charge in [0.05, 0.1) is 87.3 Å². The number of pyridine rings is 6. The van der Waals surface area contributed by atoms with E-state index in [2.05, 4.69) is 48.1 Å². The van der Waals surface area contributed by atoms with Crippen molar-refractivity contribution >= 4 is 65.4 Å². The predicted octanol–water partition coefficient (Wildman–Crippen LogP) is 6.96. The lowest BCUT2D eigenvalue weighted by Gasteiger charge is -2.23. The average molecular weight is 655 g/mol. The van der Waals surface area contributed by atoms with Gasteiger partial charge >= 0.3 is 0 Å². The molecule has 0 aliphatic heterocycles. The molecule has 12 nitrogen and oxygen atoms in total. The first-order chi connectivity index (χ1) is 25.2. The van der Waals surface area contributed by atoms with E-state index < -0.39 is 0 Å². The molecule has 0 N–H and O–H groups in total. The molecule has 0 bridgehead atoms. The van der Waals surface area contributed by atoms with E-state index in [4.69, 9.17) is 0 Å². The highest BCUT2D eigenvalue weighted by molar-refractivity contribution is 6.12. The van der Waals surface area contributed by atoms with Crippen LogP contribution in [0.2, 0.25) is 0 Å². The third-order valence-electron chi connectivity index (χ3n) is 9.54. The van der Waals surface area contributed by atoms with Crippen molar-refractivity contribution in [2.75, 3.05) is 0 Å². The molecule has 0 radical (unpaired) electrons. The highest BCUT2D eigenvalue weighted by Crippen LogP contribution is 2.44. The third-order valence-corrected chi connectivity index (χ3v) is 9.54. The van der Waals surface area contributed by atoms with E-state index in [0.29, 0.717) is 33.1 Å². The molecule has 9 aromatic heterocycles. The monoisotopic (exact) mass is 654 g/mol. The number of fused-ring (bicyclic) bond motifs is 9. The first-order valence-corrected chi connectivity index (χ1v) is 15.7. The summed E-state index contributed by atoms with van der Waals surface area (Å²) in [6, 6.07) is 18.7. The summed E-state index contributed by atoms with van der Waals surface area (Å²) in [5.41, 5.74) is 5.07. The van der Waals surface area contributed by atoms with Crippen molar-refractivity contribution in [3.63, 3.8) is 0 Å². The van der Waals surface area contributed by atoms with Crippen molar-refractivity contribution in [1.29, 1.82) is 15.8 Å². The number of rotatable bonds is 3. The lowest BCUT2D eigenvalue weighted by molar-refractivity contribution is 1.05. The summed E-state index contributed by atoms with van der Waals surface area (Å²) in [6.45, 7) is 0. The summed E-state index contributed by atoms with van der Waals surface area (Å²) in [5, 5.41) is 39.1. The smallest absolute Gasteiger partial charge is 0.104 e. The molecule has 12 heteroatoms. The molecule has 0 aliphatic carbocycles. The van der Waals surface area contributed by atoms with E-state index in [1.54, 1.807) is 74.4 Å². The molecule has 0 unspecified atom stereocenters. The Bertz CT molecular complexity index is 2730. The molecule has 10 rings (SSSR count). The van der Waals surface area contributed by atoms with Gasteiger partial charge in [0.1, 0.15) is 34.9 Å². The molecule has 0 amide bonds. The Morgan fingerprint density at radius 1 is 0.333 bits per heavy atom. The minimum absolute atomic E-state index is 0.0990. The molecule has 0 aliphatic rings. The van der Waals surface area contributed by atoms with Gasteiger partial charge in [-0.15, -0.1) is 0 Å². The SMILES string of the molecule is N#Cc1c(-n2c3cnccc3c3ccncc32)c(C#N)c(-n2c3cnccc3c3ccncc32)c(C#N)c1-n1c2cnccc2c2ccncc21. The van der Waals surface area contributed by atoms with Gasteiger partial charge in [0.15, 0.2) is 0 Å². The van der Waals surface area contributed by atoms with E-state index in [0.717, 1.165) is 32.3 Å². The van der Waals surface area contributed by atoms with E-state index in [-0.39, 0.29) is 33.8 Å². The van der Waals surface area contributed by atoms with Crippen molar-refractivity contribution in [2.24, 2.45) is 0 Å². The van der Waals surface area contributed by atoms with Crippen LogP contribution in [0.4, 0.5) is 0 Å². The van der Waals surface area contributed by atoms with Crippen molar-refractivity contribution < 1.29 is 0 Å². The molecule has 0 saturated heterocycles. The molecule has 0 spiro atoms. The summed E-state index contributed by atoms with van der Waals surface area (Å²) >= 11 is 0. The Morgan fingerprint density at radius 3 is 0.706 bits per heavy atom. The van der Waals surface area contributed by atoms with Crippen LogP contribution in [0.1, 0.15) is 16.7 Å². The molecule has 0 fully saturated rings. The topological polar surface area (TPSA) is 164 Å². The Kier molecular flexibility index (Phi) is 5.77.